The van der Waals surface area contributed by atoms with Gasteiger partial charge < -0.3 is 10.1 Å². The average Bonchev–Trinajstić information content (AvgIpc) is 3.29. The first-order chi connectivity index (χ1) is 14.1. The molecule has 0 aliphatic rings. The molecule has 0 aliphatic carbocycles. The number of pyridine rings is 1. The fraction of sp³-hybridized carbons (Fsp3) is 0.143. The second kappa shape index (κ2) is 7.84. The summed E-state index contributed by atoms with van der Waals surface area (Å²) in [6.07, 6.45) is 3.38. The summed E-state index contributed by atoms with van der Waals surface area (Å²) < 4.78 is 6.33. The Morgan fingerprint density at radius 2 is 2.03 bits per heavy atom. The monoisotopic (exact) mass is 406 g/mol. The molecule has 3 heterocycles. The summed E-state index contributed by atoms with van der Waals surface area (Å²) >= 11 is 1.43. The summed E-state index contributed by atoms with van der Waals surface area (Å²) in [6.45, 7) is 2.19. The number of aryl methyl sites for hydroxylation is 1. The number of hydrogen-bond donors (Lipinski definition) is 1. The molecular formula is C21H18N4O3S. The van der Waals surface area contributed by atoms with Crippen molar-refractivity contribution in [3.8, 4) is 10.6 Å². The number of nitrogens with one attached hydrogen (secondary N) is 1. The summed E-state index contributed by atoms with van der Waals surface area (Å²) in [5, 5.41) is 11.3. The van der Waals surface area contributed by atoms with Crippen molar-refractivity contribution in [2.24, 2.45) is 0 Å². The molecule has 0 fully saturated rings. The Bertz CT molecular complexity index is 1240. The van der Waals surface area contributed by atoms with E-state index >= 15 is 0 Å². The molecule has 146 valence electrons. The Morgan fingerprint density at radius 3 is 2.76 bits per heavy atom. The predicted octanol–water partition coefficient (Wildman–Crippen LogP) is 4.07. The first kappa shape index (κ1) is 18.8. The van der Waals surface area contributed by atoms with Gasteiger partial charge in [0.05, 0.1) is 23.9 Å². The van der Waals surface area contributed by atoms with Gasteiger partial charge in [0.2, 0.25) is 0 Å². The van der Waals surface area contributed by atoms with Gasteiger partial charge in [-0.2, -0.15) is 5.10 Å². The van der Waals surface area contributed by atoms with Crippen molar-refractivity contribution in [3.63, 3.8) is 0 Å². The molecule has 7 nitrogen and oxygen atoms in total. The standard InChI is InChI=1S/C21H18N4O3S/c1-3-25-20(26)19(23-15-12-22-11-13-7-4-5-8-14(13)15)17(21(27)28-2)18(24-25)16-9-6-10-29-16/h4-12,23H,3H2,1-2H3. The lowest BCUT2D eigenvalue weighted by Gasteiger charge is -2.16. The van der Waals surface area contributed by atoms with E-state index in [-0.39, 0.29) is 11.3 Å². The Labute approximate surface area is 170 Å². The molecule has 3 aromatic heterocycles. The van der Waals surface area contributed by atoms with E-state index in [1.807, 2.05) is 48.7 Å². The Kier molecular flexibility index (Phi) is 5.09. The maximum Gasteiger partial charge on any atom is 0.342 e. The van der Waals surface area contributed by atoms with Gasteiger partial charge in [-0.3, -0.25) is 9.78 Å². The van der Waals surface area contributed by atoms with Crippen molar-refractivity contribution in [1.82, 2.24) is 14.8 Å². The molecule has 4 rings (SSSR count). The number of carbonyl (C=O) groups excluding carboxylic acids is 1. The van der Waals surface area contributed by atoms with Crippen LogP contribution >= 0.6 is 11.3 Å². The fourth-order valence-electron chi connectivity index (χ4n) is 3.14. The van der Waals surface area contributed by atoms with E-state index in [2.05, 4.69) is 15.4 Å². The Balaban J connectivity index is 1.99. The number of esters is 1. The van der Waals surface area contributed by atoms with Crippen molar-refractivity contribution in [3.05, 3.63) is 70.1 Å². The largest absolute Gasteiger partial charge is 0.465 e. The lowest BCUT2D eigenvalue weighted by atomic mass is 10.1. The zero-order valence-electron chi connectivity index (χ0n) is 15.9. The number of aromatic nitrogens is 3. The molecule has 1 aromatic carbocycles. The second-order valence-corrected chi connectivity index (χ2v) is 7.17. The summed E-state index contributed by atoms with van der Waals surface area (Å²) in [6, 6.07) is 11.4. The third-order valence-corrected chi connectivity index (χ3v) is 5.40. The molecule has 0 saturated heterocycles. The molecular weight excluding hydrogens is 388 g/mol. The highest BCUT2D eigenvalue weighted by molar-refractivity contribution is 7.13. The van der Waals surface area contributed by atoms with Crippen LogP contribution in [0.15, 0.2) is 59.0 Å². The highest BCUT2D eigenvalue weighted by Crippen LogP contribution is 2.32. The van der Waals surface area contributed by atoms with Crippen LogP contribution in [-0.2, 0) is 11.3 Å². The smallest absolute Gasteiger partial charge is 0.342 e. The van der Waals surface area contributed by atoms with E-state index < -0.39 is 11.5 Å². The zero-order valence-corrected chi connectivity index (χ0v) is 16.7. The highest BCUT2D eigenvalue weighted by Gasteiger charge is 2.25. The molecule has 0 saturated carbocycles. The van der Waals surface area contributed by atoms with Crippen molar-refractivity contribution >= 4 is 39.5 Å². The molecule has 4 aromatic rings. The number of nitrogens with zero attached hydrogens (tertiary/aromatic N) is 3. The number of benzene rings is 1. The summed E-state index contributed by atoms with van der Waals surface area (Å²) in [5.41, 5.74) is 0.856. The lowest BCUT2D eigenvalue weighted by molar-refractivity contribution is 0.0602. The SMILES string of the molecule is CCn1nc(-c2cccs2)c(C(=O)OC)c(Nc2cncc3ccccc23)c1=O. The number of carbonyl (C=O) groups is 1. The maximum atomic E-state index is 13.1. The van der Waals surface area contributed by atoms with Crippen LogP contribution in [0, 0.1) is 0 Å². The first-order valence-electron chi connectivity index (χ1n) is 9.01. The molecule has 29 heavy (non-hydrogen) atoms. The van der Waals surface area contributed by atoms with Crippen LogP contribution in [0.25, 0.3) is 21.3 Å². The molecule has 0 unspecified atom stereocenters. The minimum Gasteiger partial charge on any atom is -0.465 e. The van der Waals surface area contributed by atoms with Gasteiger partial charge in [0.25, 0.3) is 5.56 Å². The third kappa shape index (κ3) is 3.38. The van der Waals surface area contributed by atoms with Gasteiger partial charge in [-0.1, -0.05) is 30.3 Å². The molecule has 0 aliphatic heterocycles. The summed E-state index contributed by atoms with van der Waals surface area (Å²) in [7, 11) is 1.29. The average molecular weight is 406 g/mol. The van der Waals surface area contributed by atoms with Crippen molar-refractivity contribution in [2.75, 3.05) is 12.4 Å². The fourth-order valence-corrected chi connectivity index (χ4v) is 3.85. The van der Waals surface area contributed by atoms with Crippen molar-refractivity contribution < 1.29 is 9.53 Å². The zero-order chi connectivity index (χ0) is 20.4. The van der Waals surface area contributed by atoms with Crippen LogP contribution < -0.4 is 10.9 Å². The number of rotatable bonds is 5. The second-order valence-electron chi connectivity index (χ2n) is 6.22. The van der Waals surface area contributed by atoms with Crippen LogP contribution in [0.2, 0.25) is 0 Å². The number of hydrogen-bond acceptors (Lipinski definition) is 7. The summed E-state index contributed by atoms with van der Waals surface area (Å²) in [4.78, 5) is 30.8. The van der Waals surface area contributed by atoms with Crippen LogP contribution in [0.3, 0.4) is 0 Å². The molecule has 0 atom stereocenters. The van der Waals surface area contributed by atoms with E-state index in [0.717, 1.165) is 15.6 Å². The minimum atomic E-state index is -0.628. The van der Waals surface area contributed by atoms with Gasteiger partial charge in [-0.25, -0.2) is 9.48 Å². The van der Waals surface area contributed by atoms with Crippen LogP contribution in [0.5, 0.6) is 0 Å². The van der Waals surface area contributed by atoms with E-state index in [1.165, 1.54) is 23.1 Å². The number of anilines is 2. The Morgan fingerprint density at radius 1 is 1.21 bits per heavy atom. The van der Waals surface area contributed by atoms with Gasteiger partial charge in [0.1, 0.15) is 16.9 Å². The maximum absolute atomic E-state index is 13.1. The topological polar surface area (TPSA) is 86.1 Å². The quantitative estimate of drug-likeness (QED) is 0.503. The Hall–Kier alpha value is -3.52. The lowest BCUT2D eigenvalue weighted by Crippen LogP contribution is -2.28. The summed E-state index contributed by atoms with van der Waals surface area (Å²) in [5.74, 6) is -0.628. The highest BCUT2D eigenvalue weighted by atomic mass is 32.1. The van der Waals surface area contributed by atoms with Crippen molar-refractivity contribution in [1.29, 1.82) is 0 Å². The number of ether oxygens (including phenoxy) is 1. The van der Waals surface area contributed by atoms with E-state index in [9.17, 15) is 9.59 Å². The molecule has 0 spiro atoms. The minimum absolute atomic E-state index is 0.109. The van der Waals surface area contributed by atoms with E-state index in [4.69, 9.17) is 4.74 Å². The molecule has 0 radical (unpaired) electrons. The molecule has 1 N–H and O–H groups in total. The molecule has 0 amide bonds. The number of methoxy groups -OCH3 is 1. The normalized spacial score (nSPS) is 10.8. The van der Waals surface area contributed by atoms with Gasteiger partial charge in [0, 0.05) is 23.5 Å². The van der Waals surface area contributed by atoms with Gasteiger partial charge in [-0.05, 0) is 18.4 Å². The predicted molar refractivity (Wildman–Crippen MR) is 114 cm³/mol. The van der Waals surface area contributed by atoms with Crippen molar-refractivity contribution in [2.45, 2.75) is 13.5 Å². The number of thiophene rings is 1. The third-order valence-electron chi connectivity index (χ3n) is 4.53. The molecule has 8 heteroatoms. The first-order valence-corrected chi connectivity index (χ1v) is 9.89. The van der Waals surface area contributed by atoms with Crippen LogP contribution in [0.1, 0.15) is 17.3 Å². The van der Waals surface area contributed by atoms with E-state index in [1.54, 1.807) is 12.4 Å². The van der Waals surface area contributed by atoms with Crippen LogP contribution in [0.4, 0.5) is 11.4 Å². The van der Waals surface area contributed by atoms with E-state index in [0.29, 0.717) is 17.9 Å². The van der Waals surface area contributed by atoms with Gasteiger partial charge >= 0.3 is 5.97 Å². The molecule has 0 bridgehead atoms. The van der Waals surface area contributed by atoms with Gasteiger partial charge in [0.15, 0.2) is 0 Å². The number of fused-ring (bicyclic) bond motifs is 1. The van der Waals surface area contributed by atoms with Crippen LogP contribution in [-0.4, -0.2) is 27.8 Å². The van der Waals surface area contributed by atoms with Gasteiger partial charge in [-0.15, -0.1) is 11.3 Å².